The van der Waals surface area contributed by atoms with E-state index in [-0.39, 0.29) is 17.9 Å². The summed E-state index contributed by atoms with van der Waals surface area (Å²) < 4.78 is 5.25. The van der Waals surface area contributed by atoms with Crippen molar-refractivity contribution in [3.63, 3.8) is 0 Å². The lowest BCUT2D eigenvalue weighted by Crippen LogP contribution is -2.21. The van der Waals surface area contributed by atoms with E-state index in [9.17, 15) is 9.59 Å². The van der Waals surface area contributed by atoms with Crippen LogP contribution in [0.2, 0.25) is 0 Å². The van der Waals surface area contributed by atoms with Crippen LogP contribution in [0.3, 0.4) is 0 Å². The highest BCUT2D eigenvalue weighted by Gasteiger charge is 2.34. The van der Waals surface area contributed by atoms with Crippen LogP contribution in [0.5, 0.6) is 0 Å². The predicted octanol–water partition coefficient (Wildman–Crippen LogP) is 4.08. The van der Waals surface area contributed by atoms with E-state index in [1.807, 2.05) is 55.5 Å². The largest absolute Gasteiger partial charge is 0.341 e. The predicted molar refractivity (Wildman–Crippen MR) is 112 cm³/mol. The molecular weight excluding hydrogens is 384 g/mol. The van der Waals surface area contributed by atoms with Crippen molar-refractivity contribution in [2.75, 3.05) is 5.32 Å². The summed E-state index contributed by atoms with van der Waals surface area (Å²) in [6.45, 7) is 2.00. The molecule has 1 aliphatic heterocycles. The third-order valence-electron chi connectivity index (χ3n) is 5.12. The standard InChI is InChI=1S/C22H16N4O2S/c1-12-6-2-3-7-13(12)18-17-15(21(27)24-18)10-11-23-20(17)25-22(28)19-14-8-4-5-9-16(14)29-26-19/h2-11,18H,1H3,(H,24,27)(H,23,25,28). The second kappa shape index (κ2) is 6.79. The first-order valence-corrected chi connectivity index (χ1v) is 9.92. The molecule has 0 bridgehead atoms. The number of carbonyl (C=O) groups is 2. The molecule has 4 aromatic rings. The van der Waals surface area contributed by atoms with Crippen molar-refractivity contribution in [3.05, 3.63) is 88.7 Å². The number of nitrogens with zero attached hydrogens (tertiary/aromatic N) is 2. The number of pyridine rings is 1. The number of benzene rings is 2. The Bertz CT molecular complexity index is 1280. The third-order valence-corrected chi connectivity index (χ3v) is 5.95. The maximum atomic E-state index is 13.0. The van der Waals surface area contributed by atoms with Gasteiger partial charge in [0.1, 0.15) is 11.5 Å². The van der Waals surface area contributed by atoms with E-state index < -0.39 is 0 Å². The quantitative estimate of drug-likeness (QED) is 0.543. The highest BCUT2D eigenvalue weighted by molar-refractivity contribution is 7.13. The lowest BCUT2D eigenvalue weighted by atomic mass is 9.95. The fraction of sp³-hybridized carbons (Fsp3) is 0.0909. The SMILES string of the molecule is Cc1ccccc1C1NC(=O)c2ccnc(NC(=O)c3nsc4ccccc34)c21. The highest BCUT2D eigenvalue weighted by Crippen LogP contribution is 2.36. The molecule has 2 N–H and O–H groups in total. The van der Waals surface area contributed by atoms with Crippen LogP contribution in [0.15, 0.2) is 60.8 Å². The second-order valence-electron chi connectivity index (χ2n) is 6.87. The molecule has 5 rings (SSSR count). The van der Waals surface area contributed by atoms with Crippen LogP contribution >= 0.6 is 11.5 Å². The van der Waals surface area contributed by atoms with Gasteiger partial charge < -0.3 is 10.6 Å². The summed E-state index contributed by atoms with van der Waals surface area (Å²) in [5.74, 6) is -0.146. The van der Waals surface area contributed by atoms with Crippen LogP contribution in [0.4, 0.5) is 5.82 Å². The van der Waals surface area contributed by atoms with Crippen molar-refractivity contribution in [2.24, 2.45) is 0 Å². The Labute approximate surface area is 170 Å². The zero-order valence-electron chi connectivity index (χ0n) is 15.5. The number of aryl methyl sites for hydroxylation is 1. The van der Waals surface area contributed by atoms with Crippen molar-refractivity contribution < 1.29 is 9.59 Å². The Kier molecular flexibility index (Phi) is 4.10. The molecule has 7 heteroatoms. The van der Waals surface area contributed by atoms with E-state index in [4.69, 9.17) is 0 Å². The van der Waals surface area contributed by atoms with Gasteiger partial charge in [0, 0.05) is 17.1 Å². The van der Waals surface area contributed by atoms with Gasteiger partial charge in [-0.15, -0.1) is 0 Å². The molecule has 1 aliphatic rings. The molecule has 2 aromatic carbocycles. The maximum Gasteiger partial charge on any atom is 0.277 e. The van der Waals surface area contributed by atoms with Crippen LogP contribution in [-0.2, 0) is 0 Å². The van der Waals surface area contributed by atoms with E-state index in [0.29, 0.717) is 22.6 Å². The van der Waals surface area contributed by atoms with Crippen LogP contribution in [0, 0.1) is 6.92 Å². The fourth-order valence-electron chi connectivity index (χ4n) is 3.70. The number of hydrogen-bond donors (Lipinski definition) is 2. The number of carbonyl (C=O) groups excluding carboxylic acids is 2. The molecule has 0 saturated heterocycles. The first-order chi connectivity index (χ1) is 14.1. The number of anilines is 1. The minimum Gasteiger partial charge on any atom is -0.341 e. The lowest BCUT2D eigenvalue weighted by molar-refractivity contribution is 0.0959. The summed E-state index contributed by atoms with van der Waals surface area (Å²) in [6.07, 6.45) is 1.54. The van der Waals surface area contributed by atoms with Gasteiger partial charge in [-0.2, -0.15) is 4.37 Å². The Hall–Kier alpha value is -3.58. The van der Waals surface area contributed by atoms with Gasteiger partial charge >= 0.3 is 0 Å². The Balaban J connectivity index is 1.57. The van der Waals surface area contributed by atoms with Crippen molar-refractivity contribution in [2.45, 2.75) is 13.0 Å². The molecule has 142 valence electrons. The molecule has 2 amide bonds. The van der Waals surface area contributed by atoms with E-state index in [1.54, 1.807) is 6.07 Å². The molecule has 0 saturated carbocycles. The average molecular weight is 400 g/mol. The molecule has 1 unspecified atom stereocenters. The molecule has 0 fully saturated rings. The normalized spacial score (nSPS) is 15.2. The van der Waals surface area contributed by atoms with Gasteiger partial charge in [0.2, 0.25) is 0 Å². The molecule has 0 radical (unpaired) electrons. The zero-order chi connectivity index (χ0) is 20.0. The highest BCUT2D eigenvalue weighted by atomic mass is 32.1. The lowest BCUT2D eigenvalue weighted by Gasteiger charge is -2.17. The van der Waals surface area contributed by atoms with E-state index in [0.717, 1.165) is 21.2 Å². The monoisotopic (exact) mass is 400 g/mol. The maximum absolute atomic E-state index is 13.0. The number of amides is 2. The summed E-state index contributed by atoms with van der Waals surface area (Å²) in [6, 6.07) is 16.8. The third kappa shape index (κ3) is 2.87. The van der Waals surface area contributed by atoms with E-state index >= 15 is 0 Å². The van der Waals surface area contributed by atoms with Gasteiger partial charge in [0.25, 0.3) is 11.8 Å². The van der Waals surface area contributed by atoms with Crippen molar-refractivity contribution in [1.82, 2.24) is 14.7 Å². The fourth-order valence-corrected chi connectivity index (χ4v) is 4.48. The minimum atomic E-state index is -0.366. The second-order valence-corrected chi connectivity index (χ2v) is 7.67. The molecular formula is C22H16N4O2S. The average Bonchev–Trinajstić information content (AvgIpc) is 3.31. The zero-order valence-corrected chi connectivity index (χ0v) is 16.3. The minimum absolute atomic E-state index is 0.176. The molecule has 3 heterocycles. The summed E-state index contributed by atoms with van der Waals surface area (Å²) in [4.78, 5) is 29.9. The van der Waals surface area contributed by atoms with Crippen LogP contribution < -0.4 is 10.6 Å². The van der Waals surface area contributed by atoms with Gasteiger partial charge in [0.15, 0.2) is 0 Å². The molecule has 6 nitrogen and oxygen atoms in total. The van der Waals surface area contributed by atoms with Crippen LogP contribution in [-0.4, -0.2) is 21.2 Å². The molecule has 1 atom stereocenters. The first-order valence-electron chi connectivity index (χ1n) is 9.14. The van der Waals surface area contributed by atoms with Crippen LogP contribution in [0.25, 0.3) is 10.1 Å². The van der Waals surface area contributed by atoms with Crippen molar-refractivity contribution >= 4 is 39.3 Å². The molecule has 2 aromatic heterocycles. The Morgan fingerprint density at radius 3 is 2.76 bits per heavy atom. The molecule has 0 spiro atoms. The number of fused-ring (bicyclic) bond motifs is 2. The topological polar surface area (TPSA) is 84.0 Å². The number of hydrogen-bond acceptors (Lipinski definition) is 5. The molecule has 29 heavy (non-hydrogen) atoms. The summed E-state index contributed by atoms with van der Waals surface area (Å²) in [5.41, 5.74) is 3.58. The van der Waals surface area contributed by atoms with Crippen molar-refractivity contribution in [1.29, 1.82) is 0 Å². The van der Waals surface area contributed by atoms with Gasteiger partial charge in [-0.25, -0.2) is 4.98 Å². The van der Waals surface area contributed by atoms with Crippen molar-refractivity contribution in [3.8, 4) is 0 Å². The number of nitrogens with one attached hydrogen (secondary N) is 2. The van der Waals surface area contributed by atoms with E-state index in [2.05, 4.69) is 20.0 Å². The first kappa shape index (κ1) is 17.5. The van der Waals surface area contributed by atoms with Gasteiger partial charge in [-0.05, 0) is 41.7 Å². The van der Waals surface area contributed by atoms with Crippen LogP contribution in [0.1, 0.15) is 43.6 Å². The molecule has 0 aliphatic carbocycles. The summed E-state index contributed by atoms with van der Waals surface area (Å²) >= 11 is 1.28. The van der Waals surface area contributed by atoms with Gasteiger partial charge in [-0.1, -0.05) is 42.5 Å². The summed E-state index contributed by atoms with van der Waals surface area (Å²) in [5, 5.41) is 6.69. The van der Waals surface area contributed by atoms with Gasteiger partial charge in [-0.3, -0.25) is 9.59 Å². The number of aromatic nitrogens is 2. The Morgan fingerprint density at radius 1 is 1.10 bits per heavy atom. The Morgan fingerprint density at radius 2 is 1.90 bits per heavy atom. The van der Waals surface area contributed by atoms with E-state index in [1.165, 1.54) is 17.7 Å². The summed E-state index contributed by atoms with van der Waals surface area (Å²) in [7, 11) is 0. The smallest absolute Gasteiger partial charge is 0.277 e. The van der Waals surface area contributed by atoms with Gasteiger partial charge in [0.05, 0.1) is 16.3 Å². The number of rotatable bonds is 3.